The van der Waals surface area contributed by atoms with Crippen LogP contribution >= 0.6 is 22.9 Å². The molecule has 4 nitrogen and oxygen atoms in total. The van der Waals surface area contributed by atoms with Crippen LogP contribution in [0.4, 0.5) is 11.5 Å². The summed E-state index contributed by atoms with van der Waals surface area (Å²) in [6, 6.07) is 15.6. The maximum Gasteiger partial charge on any atom is 0.143 e. The molecule has 0 atom stereocenters. The van der Waals surface area contributed by atoms with E-state index >= 15 is 0 Å². The maximum absolute atomic E-state index is 6.31. The number of nitrogens with one attached hydrogen (secondary N) is 1. The minimum Gasteiger partial charge on any atom is -0.497 e. The maximum atomic E-state index is 6.31. The highest BCUT2D eigenvalue weighted by atomic mass is 35.5. The van der Waals surface area contributed by atoms with Crippen molar-refractivity contribution in [1.29, 1.82) is 0 Å². The first-order valence-electron chi connectivity index (χ1n) is 8.07. The number of ether oxygens (including phenoxy) is 1. The summed E-state index contributed by atoms with van der Waals surface area (Å²) in [7, 11) is 1.66. The van der Waals surface area contributed by atoms with Gasteiger partial charge in [0.15, 0.2) is 0 Å². The highest BCUT2D eigenvalue weighted by Crippen LogP contribution is 2.39. The Balaban J connectivity index is 1.86. The SMILES string of the molecule is COc1ccc(-c2csc3nc(C)nc(Nc4ccccc4Cl)c23)cc1. The lowest BCUT2D eigenvalue weighted by atomic mass is 10.1. The van der Waals surface area contributed by atoms with Gasteiger partial charge in [-0.05, 0) is 36.8 Å². The molecule has 0 bridgehead atoms. The van der Waals surface area contributed by atoms with Gasteiger partial charge < -0.3 is 10.1 Å². The Bertz CT molecular complexity index is 1080. The molecule has 0 aliphatic rings. The van der Waals surface area contributed by atoms with Crippen molar-refractivity contribution in [3.8, 4) is 16.9 Å². The van der Waals surface area contributed by atoms with E-state index in [1.54, 1.807) is 18.4 Å². The molecule has 4 aromatic rings. The van der Waals surface area contributed by atoms with Crippen LogP contribution in [0, 0.1) is 6.92 Å². The standard InChI is InChI=1S/C20H16ClN3OS/c1-12-22-19(24-17-6-4-3-5-16(17)21)18-15(11-26-20(18)23-12)13-7-9-14(25-2)10-8-13/h3-11H,1-2H3,(H,22,23,24). The van der Waals surface area contributed by atoms with Gasteiger partial charge in [0.05, 0.1) is 23.2 Å². The molecule has 0 fully saturated rings. The molecule has 0 unspecified atom stereocenters. The molecule has 1 N–H and O–H groups in total. The molecule has 0 aliphatic carbocycles. The van der Waals surface area contributed by atoms with Crippen LogP contribution in [0.3, 0.4) is 0 Å². The molecule has 2 aromatic carbocycles. The molecule has 0 radical (unpaired) electrons. The fraction of sp³-hybridized carbons (Fsp3) is 0.100. The monoisotopic (exact) mass is 381 g/mol. The number of hydrogen-bond acceptors (Lipinski definition) is 5. The van der Waals surface area contributed by atoms with Crippen LogP contribution in [0.2, 0.25) is 5.02 Å². The molecular weight excluding hydrogens is 366 g/mol. The van der Waals surface area contributed by atoms with Crippen molar-refractivity contribution >= 4 is 44.7 Å². The van der Waals surface area contributed by atoms with Crippen LogP contribution in [0.15, 0.2) is 53.9 Å². The van der Waals surface area contributed by atoms with Crippen molar-refractivity contribution in [2.45, 2.75) is 6.92 Å². The molecule has 2 aromatic heterocycles. The quantitative estimate of drug-likeness (QED) is 0.466. The largest absolute Gasteiger partial charge is 0.497 e. The average Bonchev–Trinajstić information content (AvgIpc) is 3.07. The van der Waals surface area contributed by atoms with E-state index in [-0.39, 0.29) is 0 Å². The minimum absolute atomic E-state index is 0.651. The zero-order chi connectivity index (χ0) is 18.1. The van der Waals surface area contributed by atoms with Crippen molar-refractivity contribution in [3.63, 3.8) is 0 Å². The van der Waals surface area contributed by atoms with Gasteiger partial charge in [-0.3, -0.25) is 0 Å². The van der Waals surface area contributed by atoms with Crippen molar-refractivity contribution in [2.75, 3.05) is 12.4 Å². The number of rotatable bonds is 4. The fourth-order valence-electron chi connectivity index (χ4n) is 2.81. The van der Waals surface area contributed by atoms with Gasteiger partial charge in [-0.1, -0.05) is 35.9 Å². The average molecular weight is 382 g/mol. The molecular formula is C20H16ClN3OS. The topological polar surface area (TPSA) is 47.0 Å². The summed E-state index contributed by atoms with van der Waals surface area (Å²) in [6.45, 7) is 1.89. The van der Waals surface area contributed by atoms with Crippen LogP contribution in [-0.4, -0.2) is 17.1 Å². The van der Waals surface area contributed by atoms with Crippen LogP contribution < -0.4 is 10.1 Å². The fourth-order valence-corrected chi connectivity index (χ4v) is 3.99. The Morgan fingerprint density at radius 3 is 2.54 bits per heavy atom. The smallest absolute Gasteiger partial charge is 0.143 e. The van der Waals surface area contributed by atoms with Crippen LogP contribution in [0.25, 0.3) is 21.3 Å². The van der Waals surface area contributed by atoms with Crippen LogP contribution in [-0.2, 0) is 0 Å². The van der Waals surface area contributed by atoms with E-state index in [1.807, 2.05) is 55.5 Å². The van der Waals surface area contributed by atoms with Crippen LogP contribution in [0.5, 0.6) is 5.75 Å². The Morgan fingerprint density at radius 2 is 1.81 bits per heavy atom. The minimum atomic E-state index is 0.651. The number of halogens is 1. The number of benzene rings is 2. The van der Waals surface area contributed by atoms with Gasteiger partial charge in [-0.25, -0.2) is 9.97 Å². The van der Waals surface area contributed by atoms with E-state index in [0.29, 0.717) is 5.02 Å². The summed E-state index contributed by atoms with van der Waals surface area (Å²) in [6.07, 6.45) is 0. The Hall–Kier alpha value is -2.63. The predicted molar refractivity (Wildman–Crippen MR) is 109 cm³/mol. The Morgan fingerprint density at radius 1 is 1.04 bits per heavy atom. The molecule has 6 heteroatoms. The number of aromatic nitrogens is 2. The van der Waals surface area contributed by atoms with Gasteiger partial charge in [0.1, 0.15) is 22.2 Å². The first-order valence-corrected chi connectivity index (χ1v) is 9.33. The van der Waals surface area contributed by atoms with E-state index in [0.717, 1.165) is 44.4 Å². The van der Waals surface area contributed by atoms with Gasteiger partial charge in [0, 0.05) is 10.9 Å². The second kappa shape index (κ2) is 6.94. The van der Waals surface area contributed by atoms with Crippen molar-refractivity contribution < 1.29 is 4.74 Å². The van der Waals surface area contributed by atoms with Gasteiger partial charge in [-0.15, -0.1) is 11.3 Å². The second-order valence-corrected chi connectivity index (χ2v) is 7.05. The van der Waals surface area contributed by atoms with E-state index in [2.05, 4.69) is 20.7 Å². The predicted octanol–water partition coefficient (Wildman–Crippen LogP) is 6.07. The number of para-hydroxylation sites is 1. The lowest BCUT2D eigenvalue weighted by molar-refractivity contribution is 0.415. The van der Waals surface area contributed by atoms with E-state index in [1.165, 1.54) is 0 Å². The normalized spacial score (nSPS) is 10.9. The number of anilines is 2. The molecule has 130 valence electrons. The van der Waals surface area contributed by atoms with Crippen molar-refractivity contribution in [1.82, 2.24) is 9.97 Å². The number of methoxy groups -OCH3 is 1. The molecule has 0 spiro atoms. The molecule has 0 aliphatic heterocycles. The van der Waals surface area contributed by atoms with Gasteiger partial charge >= 0.3 is 0 Å². The zero-order valence-corrected chi connectivity index (χ0v) is 15.9. The van der Waals surface area contributed by atoms with Crippen molar-refractivity contribution in [2.24, 2.45) is 0 Å². The Kier molecular flexibility index (Phi) is 4.49. The lowest BCUT2D eigenvalue weighted by Gasteiger charge is -2.11. The number of hydrogen-bond donors (Lipinski definition) is 1. The molecule has 0 amide bonds. The zero-order valence-electron chi connectivity index (χ0n) is 14.3. The van der Waals surface area contributed by atoms with Gasteiger partial charge in [-0.2, -0.15) is 0 Å². The third-order valence-electron chi connectivity index (χ3n) is 4.07. The highest BCUT2D eigenvalue weighted by molar-refractivity contribution is 7.17. The van der Waals surface area contributed by atoms with Gasteiger partial charge in [0.2, 0.25) is 0 Å². The van der Waals surface area contributed by atoms with Gasteiger partial charge in [0.25, 0.3) is 0 Å². The first kappa shape index (κ1) is 16.8. The van der Waals surface area contributed by atoms with E-state index in [9.17, 15) is 0 Å². The first-order chi connectivity index (χ1) is 12.7. The van der Waals surface area contributed by atoms with Crippen LogP contribution in [0.1, 0.15) is 5.82 Å². The third-order valence-corrected chi connectivity index (χ3v) is 5.28. The molecule has 0 saturated heterocycles. The number of nitrogens with zero attached hydrogens (tertiary/aromatic N) is 2. The van der Waals surface area contributed by atoms with Crippen molar-refractivity contribution in [3.05, 3.63) is 64.8 Å². The number of fused-ring (bicyclic) bond motifs is 1. The van der Waals surface area contributed by atoms with E-state index in [4.69, 9.17) is 16.3 Å². The summed E-state index contributed by atoms with van der Waals surface area (Å²) in [5.41, 5.74) is 2.99. The molecule has 2 heterocycles. The molecule has 0 saturated carbocycles. The summed E-state index contributed by atoms with van der Waals surface area (Å²) in [4.78, 5) is 10.2. The van der Waals surface area contributed by atoms with E-state index < -0.39 is 0 Å². The highest BCUT2D eigenvalue weighted by Gasteiger charge is 2.15. The number of thiophene rings is 1. The molecule has 26 heavy (non-hydrogen) atoms. The molecule has 4 rings (SSSR count). The summed E-state index contributed by atoms with van der Waals surface area (Å²) >= 11 is 7.92. The Labute approximate surface area is 160 Å². The second-order valence-electron chi connectivity index (χ2n) is 5.78. The summed E-state index contributed by atoms with van der Waals surface area (Å²) in [5.74, 6) is 2.30. The summed E-state index contributed by atoms with van der Waals surface area (Å²) < 4.78 is 5.26. The lowest BCUT2D eigenvalue weighted by Crippen LogP contribution is -1.98. The third kappa shape index (κ3) is 3.11. The summed E-state index contributed by atoms with van der Waals surface area (Å²) in [5, 5.41) is 7.13. The number of aryl methyl sites for hydroxylation is 1.